The Labute approximate surface area is 195 Å². The van der Waals surface area contributed by atoms with Crippen LogP contribution in [0, 0.1) is 17.8 Å². The van der Waals surface area contributed by atoms with Crippen molar-refractivity contribution in [1.82, 2.24) is 10.2 Å². The second-order valence-corrected chi connectivity index (χ2v) is 9.68. The number of alkyl halides is 2. The van der Waals surface area contributed by atoms with Gasteiger partial charge in [0, 0.05) is 51.9 Å². The fraction of sp³-hybridized carbons (Fsp3) is 0.792. The molecule has 6 unspecified atom stereocenters. The summed E-state index contributed by atoms with van der Waals surface area (Å²) in [6.45, 7) is 2.95. The van der Waals surface area contributed by atoms with Crippen molar-refractivity contribution in [2.45, 2.75) is 56.7 Å². The average Bonchev–Trinajstić information content (AvgIpc) is 3.48. The Morgan fingerprint density at radius 1 is 1.36 bits per heavy atom. The maximum Gasteiger partial charge on any atom is 0.291 e. The van der Waals surface area contributed by atoms with Crippen LogP contribution < -0.4 is 11.1 Å². The summed E-state index contributed by atoms with van der Waals surface area (Å²) in [6.07, 6.45) is 6.42. The van der Waals surface area contributed by atoms with Gasteiger partial charge in [0.05, 0.1) is 6.10 Å². The number of ether oxygens (including phenoxy) is 2. The smallest absolute Gasteiger partial charge is 0.291 e. The molecule has 3 aliphatic rings. The molecule has 6 atom stereocenters. The van der Waals surface area contributed by atoms with E-state index in [1.807, 2.05) is 11.8 Å². The van der Waals surface area contributed by atoms with E-state index in [0.717, 1.165) is 18.5 Å². The third-order valence-corrected chi connectivity index (χ3v) is 7.59. The van der Waals surface area contributed by atoms with Gasteiger partial charge in [-0.3, -0.25) is 4.79 Å². The zero-order valence-corrected chi connectivity index (χ0v) is 19.9. The Balaban J connectivity index is 1.62. The van der Waals surface area contributed by atoms with E-state index in [4.69, 9.17) is 20.3 Å². The third-order valence-electron chi connectivity index (χ3n) is 7.59. The molecule has 0 spiro atoms. The molecular weight excluding hydrogens is 432 g/mol. The zero-order valence-electron chi connectivity index (χ0n) is 19.9. The van der Waals surface area contributed by atoms with Gasteiger partial charge in [-0.1, -0.05) is 12.2 Å². The molecule has 0 aromatic heterocycles. The molecule has 1 amide bonds. The van der Waals surface area contributed by atoms with Crippen LogP contribution >= 0.6 is 0 Å². The molecule has 3 rings (SSSR count). The molecule has 0 aromatic rings. The lowest BCUT2D eigenvalue weighted by atomic mass is 9.77. The van der Waals surface area contributed by atoms with Gasteiger partial charge in [-0.25, -0.2) is 0 Å². The number of nitrogens with two attached hydrogens (primary N) is 1. The van der Waals surface area contributed by atoms with Crippen LogP contribution in [0.2, 0.25) is 0 Å². The molecule has 7 nitrogen and oxygen atoms in total. The van der Waals surface area contributed by atoms with E-state index in [0.29, 0.717) is 38.3 Å². The summed E-state index contributed by atoms with van der Waals surface area (Å²) in [5, 5.41) is 12.4. The first-order valence-corrected chi connectivity index (χ1v) is 11.9. The monoisotopic (exact) mass is 471 g/mol. The fourth-order valence-electron chi connectivity index (χ4n) is 5.44. The number of aliphatic hydroxyl groups is 1. The lowest BCUT2D eigenvalue weighted by Crippen LogP contribution is -2.44. The van der Waals surface area contributed by atoms with Gasteiger partial charge in [0.15, 0.2) is 0 Å². The van der Waals surface area contributed by atoms with Crippen molar-refractivity contribution in [2.75, 3.05) is 47.1 Å². The summed E-state index contributed by atoms with van der Waals surface area (Å²) in [5.74, 6) is -2.65. The Hall–Kier alpha value is -1.39. The molecule has 0 radical (unpaired) electrons. The number of methoxy groups -OCH3 is 2. The Bertz CT molecular complexity index is 745. The lowest BCUT2D eigenvalue weighted by molar-refractivity contribution is -0.134. The molecule has 0 aromatic carbocycles. The van der Waals surface area contributed by atoms with E-state index < -0.39 is 12.5 Å². The van der Waals surface area contributed by atoms with E-state index >= 15 is 0 Å². The summed E-state index contributed by atoms with van der Waals surface area (Å²) in [4.78, 5) is 14.1. The van der Waals surface area contributed by atoms with Crippen molar-refractivity contribution in [1.29, 1.82) is 0 Å². The number of nitrogens with zero attached hydrogens (tertiary/aromatic N) is 1. The first kappa shape index (κ1) is 26.2. The van der Waals surface area contributed by atoms with Crippen molar-refractivity contribution >= 4 is 5.91 Å². The molecule has 1 fully saturated rings. The van der Waals surface area contributed by atoms with Gasteiger partial charge in [-0.15, -0.1) is 0 Å². The summed E-state index contributed by atoms with van der Waals surface area (Å²) >= 11 is 0. The highest BCUT2D eigenvalue weighted by molar-refractivity contribution is 5.77. The predicted octanol–water partition coefficient (Wildman–Crippen LogP) is 1.71. The number of likely N-dealkylation sites (tertiary alicyclic amines) is 1. The van der Waals surface area contributed by atoms with Crippen LogP contribution in [0.15, 0.2) is 23.3 Å². The van der Waals surface area contributed by atoms with Gasteiger partial charge in [0.1, 0.15) is 13.2 Å². The van der Waals surface area contributed by atoms with Crippen molar-refractivity contribution in [2.24, 2.45) is 23.5 Å². The molecule has 1 heterocycles. The summed E-state index contributed by atoms with van der Waals surface area (Å²) in [6, 6.07) is -0.121. The molecular formula is C24H39F2N3O4. The average molecular weight is 472 g/mol. The number of hydrogen-bond acceptors (Lipinski definition) is 6. The number of carbonyl (C=O) groups excluding carboxylic acids is 1. The molecule has 4 N–H and O–H groups in total. The van der Waals surface area contributed by atoms with Gasteiger partial charge in [-0.05, 0) is 55.6 Å². The van der Waals surface area contributed by atoms with Crippen LogP contribution in [-0.4, -0.2) is 87.1 Å². The number of aliphatic hydroxyl groups excluding tert-OH is 1. The first-order chi connectivity index (χ1) is 15.7. The zero-order chi connectivity index (χ0) is 24.2. The van der Waals surface area contributed by atoms with Crippen LogP contribution in [0.25, 0.3) is 0 Å². The topological polar surface area (TPSA) is 97.0 Å². The Morgan fingerprint density at radius 3 is 2.79 bits per heavy atom. The highest BCUT2D eigenvalue weighted by Gasteiger charge is 2.40. The van der Waals surface area contributed by atoms with E-state index in [2.05, 4.69) is 11.4 Å². The normalized spacial score (nSPS) is 31.5. The number of hydrogen-bond donors (Lipinski definition) is 3. The van der Waals surface area contributed by atoms with Gasteiger partial charge in [-0.2, -0.15) is 8.78 Å². The second kappa shape index (κ2) is 11.4. The second-order valence-electron chi connectivity index (χ2n) is 9.68. The van der Waals surface area contributed by atoms with E-state index in [9.17, 15) is 13.6 Å². The minimum absolute atomic E-state index is 0.00412. The number of carbonyl (C=O) groups is 1. The van der Waals surface area contributed by atoms with Gasteiger partial charge in [0.25, 0.3) is 5.92 Å². The highest BCUT2D eigenvalue weighted by Crippen LogP contribution is 2.37. The minimum Gasteiger partial charge on any atom is -0.390 e. The summed E-state index contributed by atoms with van der Waals surface area (Å²) < 4.78 is 38.3. The lowest BCUT2D eigenvalue weighted by Gasteiger charge is -2.37. The van der Waals surface area contributed by atoms with Crippen molar-refractivity contribution in [3.05, 3.63) is 23.3 Å². The largest absolute Gasteiger partial charge is 0.390 e. The van der Waals surface area contributed by atoms with Crippen LogP contribution in [0.4, 0.5) is 8.78 Å². The molecule has 33 heavy (non-hydrogen) atoms. The molecule has 1 aliphatic heterocycles. The van der Waals surface area contributed by atoms with Crippen LogP contribution in [-0.2, 0) is 14.3 Å². The van der Waals surface area contributed by atoms with Crippen LogP contribution in [0.3, 0.4) is 0 Å². The molecule has 0 saturated carbocycles. The SMILES string of the molecule is COCC(=O)N1CCC(C2C=C(CNC(C)C3C=C(C(F)(F)CO)CC3)C(N)CC2OC)C1. The van der Waals surface area contributed by atoms with Crippen molar-refractivity contribution in [3.8, 4) is 0 Å². The van der Waals surface area contributed by atoms with Crippen LogP contribution in [0.5, 0.6) is 0 Å². The molecule has 2 aliphatic carbocycles. The quantitative estimate of drug-likeness (QED) is 0.420. The van der Waals surface area contributed by atoms with Crippen molar-refractivity contribution < 1.29 is 28.2 Å². The number of amides is 1. The Kier molecular flexibility index (Phi) is 9.02. The predicted molar refractivity (Wildman–Crippen MR) is 122 cm³/mol. The van der Waals surface area contributed by atoms with E-state index in [1.54, 1.807) is 13.2 Å². The minimum atomic E-state index is -3.13. The molecule has 9 heteroatoms. The summed E-state index contributed by atoms with van der Waals surface area (Å²) in [7, 11) is 3.23. The van der Waals surface area contributed by atoms with Gasteiger partial charge >= 0.3 is 0 Å². The molecule has 1 saturated heterocycles. The fourth-order valence-corrected chi connectivity index (χ4v) is 5.44. The maximum absolute atomic E-state index is 13.8. The van der Waals surface area contributed by atoms with E-state index in [1.165, 1.54) is 7.11 Å². The standard InChI is InChI=1S/C24H39F2N3O4/c1-15(16-4-5-19(8-16)24(25,26)14-30)28-11-18-9-20(22(33-3)10-21(18)27)17-6-7-29(12-17)23(31)13-32-2/h8-9,15-17,20-22,28,30H,4-7,10-14,27H2,1-3H3. The van der Waals surface area contributed by atoms with Crippen LogP contribution in [0.1, 0.15) is 32.6 Å². The number of halogens is 2. The van der Waals surface area contributed by atoms with Crippen molar-refractivity contribution in [3.63, 3.8) is 0 Å². The first-order valence-electron chi connectivity index (χ1n) is 11.9. The molecule has 188 valence electrons. The van der Waals surface area contributed by atoms with Gasteiger partial charge in [0.2, 0.25) is 5.91 Å². The maximum atomic E-state index is 13.8. The number of rotatable bonds is 10. The van der Waals surface area contributed by atoms with E-state index in [-0.39, 0.29) is 48.1 Å². The van der Waals surface area contributed by atoms with Gasteiger partial charge < -0.3 is 30.5 Å². The third kappa shape index (κ3) is 6.19. The highest BCUT2D eigenvalue weighted by atomic mass is 19.3. The Morgan fingerprint density at radius 2 is 2.12 bits per heavy atom. The summed E-state index contributed by atoms with van der Waals surface area (Å²) in [5.41, 5.74) is 7.59. The molecule has 0 bridgehead atoms. The number of nitrogens with one attached hydrogen (secondary N) is 1.